The lowest BCUT2D eigenvalue weighted by Crippen LogP contribution is -2.31. The molecule has 1 saturated heterocycles. The van der Waals surface area contributed by atoms with Crippen molar-refractivity contribution >= 4 is 12.4 Å². The van der Waals surface area contributed by atoms with Gasteiger partial charge in [-0.25, -0.2) is 0 Å². The van der Waals surface area contributed by atoms with Crippen molar-refractivity contribution in [2.75, 3.05) is 6.61 Å². The fourth-order valence-corrected chi connectivity index (χ4v) is 1.35. The van der Waals surface area contributed by atoms with Crippen LogP contribution in [0.1, 0.15) is 34.1 Å². The monoisotopic (exact) mass is 193 g/mol. The number of hydrogen-bond donors (Lipinski definition) is 1. The average Bonchev–Trinajstić information content (AvgIpc) is 2.10. The van der Waals surface area contributed by atoms with E-state index in [1.54, 1.807) is 0 Å². The van der Waals surface area contributed by atoms with E-state index in [2.05, 4.69) is 33.0 Å². The second-order valence-electron chi connectivity index (χ2n) is 4.65. The number of rotatable bonds is 1. The van der Waals surface area contributed by atoms with Gasteiger partial charge in [-0.15, -0.1) is 12.4 Å². The molecule has 1 heterocycles. The quantitative estimate of drug-likeness (QED) is 0.690. The second-order valence-corrected chi connectivity index (χ2v) is 4.65. The van der Waals surface area contributed by atoms with Gasteiger partial charge in [-0.1, -0.05) is 20.8 Å². The molecule has 1 rings (SSSR count). The van der Waals surface area contributed by atoms with Crippen molar-refractivity contribution in [1.29, 1.82) is 0 Å². The Morgan fingerprint density at radius 3 is 2.33 bits per heavy atom. The van der Waals surface area contributed by atoms with Crippen molar-refractivity contribution in [2.45, 2.75) is 46.4 Å². The van der Waals surface area contributed by atoms with Crippen LogP contribution in [-0.2, 0) is 4.74 Å². The molecule has 0 bridgehead atoms. The molecule has 1 aliphatic rings. The van der Waals surface area contributed by atoms with Crippen LogP contribution in [0.5, 0.6) is 0 Å². The van der Waals surface area contributed by atoms with Crippen LogP contribution in [0.25, 0.3) is 0 Å². The van der Waals surface area contributed by atoms with Gasteiger partial charge in [-0.05, 0) is 18.8 Å². The van der Waals surface area contributed by atoms with Gasteiger partial charge in [0.15, 0.2) is 0 Å². The third-order valence-corrected chi connectivity index (χ3v) is 1.82. The highest BCUT2D eigenvalue weighted by Crippen LogP contribution is 2.23. The summed E-state index contributed by atoms with van der Waals surface area (Å²) in [6.07, 6.45) is 1.38. The predicted octanol–water partition coefficient (Wildman–Crippen LogP) is 2.18. The maximum atomic E-state index is 5.53. The highest BCUT2D eigenvalue weighted by atomic mass is 35.5. The average molecular weight is 194 g/mol. The first-order chi connectivity index (χ1) is 4.97. The Morgan fingerprint density at radius 1 is 1.42 bits per heavy atom. The van der Waals surface area contributed by atoms with Gasteiger partial charge in [0, 0.05) is 6.04 Å². The molecule has 3 heteroatoms. The Bertz CT molecular complexity index is 133. The minimum atomic E-state index is 0. The summed E-state index contributed by atoms with van der Waals surface area (Å²) in [7, 11) is 0. The largest absolute Gasteiger partial charge is 0.362 e. The first-order valence-electron chi connectivity index (χ1n) is 4.35. The molecule has 0 spiro atoms. The topological polar surface area (TPSA) is 21.3 Å². The predicted molar refractivity (Wildman–Crippen MR) is 53.7 cm³/mol. The SMILES string of the molecule is CC1COC(CC(C)(C)C)N1.Cl. The second kappa shape index (κ2) is 4.45. The van der Waals surface area contributed by atoms with E-state index < -0.39 is 0 Å². The van der Waals surface area contributed by atoms with E-state index in [9.17, 15) is 0 Å². The Kier molecular flexibility index (Phi) is 4.53. The summed E-state index contributed by atoms with van der Waals surface area (Å²) in [4.78, 5) is 0. The fraction of sp³-hybridized carbons (Fsp3) is 1.00. The van der Waals surface area contributed by atoms with E-state index in [1.807, 2.05) is 0 Å². The van der Waals surface area contributed by atoms with Crippen molar-refractivity contribution in [3.05, 3.63) is 0 Å². The summed E-state index contributed by atoms with van der Waals surface area (Å²) in [5.41, 5.74) is 0.363. The van der Waals surface area contributed by atoms with Crippen molar-refractivity contribution in [1.82, 2.24) is 5.32 Å². The van der Waals surface area contributed by atoms with Crippen LogP contribution in [0.4, 0.5) is 0 Å². The Morgan fingerprint density at radius 2 is 2.00 bits per heavy atom. The molecule has 1 fully saturated rings. The third-order valence-electron chi connectivity index (χ3n) is 1.82. The summed E-state index contributed by atoms with van der Waals surface area (Å²) >= 11 is 0. The normalized spacial score (nSPS) is 30.0. The van der Waals surface area contributed by atoms with Crippen molar-refractivity contribution in [3.8, 4) is 0 Å². The molecule has 74 valence electrons. The fourth-order valence-electron chi connectivity index (χ4n) is 1.35. The molecule has 0 amide bonds. The van der Waals surface area contributed by atoms with E-state index >= 15 is 0 Å². The number of hydrogen-bond acceptors (Lipinski definition) is 2. The lowest BCUT2D eigenvalue weighted by atomic mass is 9.91. The maximum Gasteiger partial charge on any atom is 0.108 e. The zero-order chi connectivity index (χ0) is 8.48. The zero-order valence-electron chi connectivity index (χ0n) is 8.39. The summed E-state index contributed by atoms with van der Waals surface area (Å²) in [5.74, 6) is 0. The molecule has 1 aliphatic heterocycles. The van der Waals surface area contributed by atoms with E-state index in [-0.39, 0.29) is 18.6 Å². The van der Waals surface area contributed by atoms with E-state index in [0.29, 0.717) is 11.5 Å². The minimum absolute atomic E-state index is 0. The molecule has 0 aliphatic carbocycles. The molecule has 0 aromatic rings. The molecular formula is C9H20ClNO. The van der Waals surface area contributed by atoms with Gasteiger partial charge < -0.3 is 4.74 Å². The van der Waals surface area contributed by atoms with Gasteiger partial charge >= 0.3 is 0 Å². The van der Waals surface area contributed by atoms with Crippen LogP contribution >= 0.6 is 12.4 Å². The zero-order valence-corrected chi connectivity index (χ0v) is 9.20. The van der Waals surface area contributed by atoms with E-state index in [4.69, 9.17) is 4.74 Å². The van der Waals surface area contributed by atoms with Crippen LogP contribution in [0.2, 0.25) is 0 Å². The summed E-state index contributed by atoms with van der Waals surface area (Å²) < 4.78 is 5.53. The van der Waals surface area contributed by atoms with Gasteiger partial charge in [0.25, 0.3) is 0 Å². The Balaban J connectivity index is 0.00000121. The molecule has 0 radical (unpaired) electrons. The summed E-state index contributed by atoms with van der Waals surface area (Å²) in [6.45, 7) is 9.73. The number of halogens is 1. The van der Waals surface area contributed by atoms with Crippen LogP contribution in [0.15, 0.2) is 0 Å². The lowest BCUT2D eigenvalue weighted by Gasteiger charge is -2.22. The smallest absolute Gasteiger partial charge is 0.108 e. The molecule has 0 aromatic carbocycles. The minimum Gasteiger partial charge on any atom is -0.362 e. The highest BCUT2D eigenvalue weighted by Gasteiger charge is 2.25. The third kappa shape index (κ3) is 4.29. The molecular weight excluding hydrogens is 174 g/mol. The molecule has 2 nitrogen and oxygen atoms in total. The highest BCUT2D eigenvalue weighted by molar-refractivity contribution is 5.85. The molecule has 0 aromatic heterocycles. The number of nitrogens with one attached hydrogen (secondary N) is 1. The molecule has 2 unspecified atom stereocenters. The van der Waals surface area contributed by atoms with Gasteiger partial charge in [0.05, 0.1) is 6.61 Å². The first kappa shape index (κ1) is 12.2. The van der Waals surface area contributed by atoms with E-state index in [0.717, 1.165) is 13.0 Å². The van der Waals surface area contributed by atoms with Gasteiger partial charge in [-0.2, -0.15) is 0 Å². The Labute approximate surface area is 81.5 Å². The van der Waals surface area contributed by atoms with Crippen molar-refractivity contribution < 1.29 is 4.74 Å². The van der Waals surface area contributed by atoms with Crippen molar-refractivity contribution in [2.24, 2.45) is 5.41 Å². The lowest BCUT2D eigenvalue weighted by molar-refractivity contribution is 0.0658. The number of ether oxygens (including phenoxy) is 1. The van der Waals surface area contributed by atoms with Crippen LogP contribution < -0.4 is 5.32 Å². The van der Waals surface area contributed by atoms with E-state index in [1.165, 1.54) is 0 Å². The van der Waals surface area contributed by atoms with Gasteiger partial charge in [0.1, 0.15) is 6.23 Å². The molecule has 2 atom stereocenters. The molecule has 12 heavy (non-hydrogen) atoms. The first-order valence-corrected chi connectivity index (χ1v) is 4.35. The molecule has 0 saturated carbocycles. The van der Waals surface area contributed by atoms with Gasteiger partial charge in [0.2, 0.25) is 0 Å². The Hall–Kier alpha value is 0.210. The maximum absolute atomic E-state index is 5.53. The van der Waals surface area contributed by atoms with Gasteiger partial charge in [-0.3, -0.25) is 5.32 Å². The van der Waals surface area contributed by atoms with Crippen LogP contribution in [-0.4, -0.2) is 18.9 Å². The summed E-state index contributed by atoms with van der Waals surface area (Å²) in [5, 5.41) is 3.39. The van der Waals surface area contributed by atoms with Crippen molar-refractivity contribution in [3.63, 3.8) is 0 Å². The standard InChI is InChI=1S/C9H19NO.ClH/c1-7-6-11-8(10-7)5-9(2,3)4;/h7-8,10H,5-6H2,1-4H3;1H. The molecule has 1 N–H and O–H groups in total. The van der Waals surface area contributed by atoms with Crippen LogP contribution in [0.3, 0.4) is 0 Å². The summed E-state index contributed by atoms with van der Waals surface area (Å²) in [6, 6.07) is 0.530. The van der Waals surface area contributed by atoms with Crippen LogP contribution in [0, 0.1) is 5.41 Å².